The average molecular weight is 278 g/mol. The van der Waals surface area contributed by atoms with Gasteiger partial charge in [-0.2, -0.15) is 0 Å². The number of sulfonamides is 1. The second-order valence-corrected chi connectivity index (χ2v) is 5.73. The van der Waals surface area contributed by atoms with Crippen molar-refractivity contribution in [1.82, 2.24) is 9.97 Å². The van der Waals surface area contributed by atoms with Gasteiger partial charge in [0, 0.05) is 0 Å². The Labute approximate surface area is 111 Å². The van der Waals surface area contributed by atoms with Gasteiger partial charge in [-0.15, -0.1) is 0 Å². The minimum atomic E-state index is -3.68. The molecule has 2 rings (SSSR count). The van der Waals surface area contributed by atoms with Crippen LogP contribution in [0.2, 0.25) is 0 Å². The standard InChI is InChI=1S/C12H14N4O2S/c1-8-11(13)9(2)15-12(14-8)16-19(17,18)10-6-4-3-5-7-10/h3-7H,13H2,1-2H3,(H,14,15,16). The molecule has 7 heteroatoms. The van der Waals surface area contributed by atoms with Crippen LogP contribution in [0.4, 0.5) is 11.6 Å². The lowest BCUT2D eigenvalue weighted by Crippen LogP contribution is -2.16. The van der Waals surface area contributed by atoms with Crippen molar-refractivity contribution in [3.05, 3.63) is 41.7 Å². The molecular formula is C12H14N4O2S. The van der Waals surface area contributed by atoms with Crippen LogP contribution < -0.4 is 10.5 Å². The van der Waals surface area contributed by atoms with Crippen LogP contribution in [0.25, 0.3) is 0 Å². The van der Waals surface area contributed by atoms with Crippen molar-refractivity contribution in [2.24, 2.45) is 0 Å². The number of nitrogens with two attached hydrogens (primary N) is 1. The monoisotopic (exact) mass is 278 g/mol. The van der Waals surface area contributed by atoms with Crippen molar-refractivity contribution in [2.75, 3.05) is 10.5 Å². The summed E-state index contributed by atoms with van der Waals surface area (Å²) in [7, 11) is -3.68. The van der Waals surface area contributed by atoms with Crippen molar-refractivity contribution >= 4 is 21.7 Å². The Balaban J connectivity index is 2.37. The summed E-state index contributed by atoms with van der Waals surface area (Å²) >= 11 is 0. The van der Waals surface area contributed by atoms with Crippen LogP contribution in [0.3, 0.4) is 0 Å². The largest absolute Gasteiger partial charge is 0.396 e. The van der Waals surface area contributed by atoms with E-state index < -0.39 is 10.0 Å². The van der Waals surface area contributed by atoms with E-state index in [0.717, 1.165) is 0 Å². The first kappa shape index (κ1) is 13.3. The number of anilines is 2. The van der Waals surface area contributed by atoms with Gasteiger partial charge in [0.2, 0.25) is 5.95 Å². The first-order chi connectivity index (χ1) is 8.90. The molecule has 3 N–H and O–H groups in total. The third kappa shape index (κ3) is 2.82. The highest BCUT2D eigenvalue weighted by atomic mass is 32.2. The Morgan fingerprint density at radius 1 is 1.05 bits per heavy atom. The molecule has 0 aliphatic carbocycles. The van der Waals surface area contributed by atoms with Crippen molar-refractivity contribution in [2.45, 2.75) is 18.7 Å². The molecule has 0 atom stereocenters. The fourth-order valence-electron chi connectivity index (χ4n) is 1.55. The van der Waals surface area contributed by atoms with E-state index in [2.05, 4.69) is 14.7 Å². The van der Waals surface area contributed by atoms with E-state index in [1.54, 1.807) is 32.0 Å². The number of hydrogen-bond acceptors (Lipinski definition) is 5. The van der Waals surface area contributed by atoms with Gasteiger partial charge in [0.25, 0.3) is 10.0 Å². The molecule has 0 spiro atoms. The molecule has 0 radical (unpaired) electrons. The minimum absolute atomic E-state index is 0.0213. The molecule has 1 aromatic heterocycles. The Kier molecular flexibility index (Phi) is 3.39. The zero-order valence-electron chi connectivity index (χ0n) is 10.6. The van der Waals surface area contributed by atoms with Gasteiger partial charge >= 0.3 is 0 Å². The van der Waals surface area contributed by atoms with Crippen molar-refractivity contribution in [1.29, 1.82) is 0 Å². The second-order valence-electron chi connectivity index (χ2n) is 4.05. The quantitative estimate of drug-likeness (QED) is 0.886. The Morgan fingerprint density at radius 2 is 1.58 bits per heavy atom. The molecule has 0 fully saturated rings. The van der Waals surface area contributed by atoms with Crippen LogP contribution in [-0.2, 0) is 10.0 Å². The molecule has 1 heterocycles. The summed E-state index contributed by atoms with van der Waals surface area (Å²) in [4.78, 5) is 8.19. The SMILES string of the molecule is Cc1nc(NS(=O)(=O)c2ccccc2)nc(C)c1N. The van der Waals surface area contributed by atoms with Crippen molar-refractivity contribution in [3.8, 4) is 0 Å². The fraction of sp³-hybridized carbons (Fsp3) is 0.167. The highest BCUT2D eigenvalue weighted by molar-refractivity contribution is 7.92. The highest BCUT2D eigenvalue weighted by Crippen LogP contribution is 2.17. The topological polar surface area (TPSA) is 98.0 Å². The van der Waals surface area contributed by atoms with Crippen LogP contribution >= 0.6 is 0 Å². The summed E-state index contributed by atoms with van der Waals surface area (Å²) in [6, 6.07) is 8.04. The summed E-state index contributed by atoms with van der Waals surface area (Å²) in [6.07, 6.45) is 0. The number of aryl methyl sites for hydroxylation is 2. The van der Waals surface area contributed by atoms with Crippen molar-refractivity contribution in [3.63, 3.8) is 0 Å². The Hall–Kier alpha value is -2.15. The van der Waals surface area contributed by atoms with E-state index in [-0.39, 0.29) is 10.8 Å². The third-order valence-corrected chi connectivity index (χ3v) is 3.95. The number of nitrogens with zero attached hydrogens (tertiary/aromatic N) is 2. The van der Waals surface area contributed by atoms with Gasteiger partial charge in [0.15, 0.2) is 0 Å². The summed E-state index contributed by atoms with van der Waals surface area (Å²) in [5, 5.41) is 0. The molecule has 0 saturated heterocycles. The fourth-order valence-corrected chi connectivity index (χ4v) is 2.51. The summed E-state index contributed by atoms with van der Waals surface area (Å²) in [5.41, 5.74) is 7.26. The van der Waals surface area contributed by atoms with E-state index >= 15 is 0 Å². The van der Waals surface area contributed by atoms with Gasteiger partial charge in [-0.25, -0.2) is 23.1 Å². The van der Waals surface area contributed by atoms with E-state index in [9.17, 15) is 8.42 Å². The lowest BCUT2D eigenvalue weighted by Gasteiger charge is -2.09. The van der Waals surface area contributed by atoms with E-state index in [1.807, 2.05) is 0 Å². The molecule has 100 valence electrons. The Bertz CT molecular complexity index is 676. The molecule has 6 nitrogen and oxygen atoms in total. The van der Waals surface area contributed by atoms with Crippen LogP contribution in [0.15, 0.2) is 35.2 Å². The number of nitrogens with one attached hydrogen (secondary N) is 1. The predicted molar refractivity (Wildman–Crippen MR) is 73.2 cm³/mol. The van der Waals surface area contributed by atoms with E-state index in [0.29, 0.717) is 17.1 Å². The molecule has 19 heavy (non-hydrogen) atoms. The molecule has 0 aliphatic heterocycles. The average Bonchev–Trinajstić information content (AvgIpc) is 2.36. The molecule has 0 saturated carbocycles. The second kappa shape index (κ2) is 4.85. The first-order valence-corrected chi connectivity index (χ1v) is 7.07. The lowest BCUT2D eigenvalue weighted by atomic mass is 10.3. The van der Waals surface area contributed by atoms with Crippen LogP contribution in [0, 0.1) is 13.8 Å². The van der Waals surface area contributed by atoms with Gasteiger partial charge in [-0.1, -0.05) is 18.2 Å². The van der Waals surface area contributed by atoms with Crippen molar-refractivity contribution < 1.29 is 8.42 Å². The molecule has 0 unspecified atom stereocenters. The predicted octanol–water partition coefficient (Wildman–Crippen LogP) is 1.48. The third-order valence-electron chi connectivity index (χ3n) is 2.61. The zero-order valence-corrected chi connectivity index (χ0v) is 11.4. The minimum Gasteiger partial charge on any atom is -0.396 e. The van der Waals surface area contributed by atoms with Crippen LogP contribution in [-0.4, -0.2) is 18.4 Å². The van der Waals surface area contributed by atoms with E-state index in [1.165, 1.54) is 12.1 Å². The summed E-state index contributed by atoms with van der Waals surface area (Å²) < 4.78 is 26.5. The number of nitrogen functional groups attached to an aromatic ring is 1. The molecular weight excluding hydrogens is 264 g/mol. The molecule has 0 bridgehead atoms. The molecule has 0 amide bonds. The Morgan fingerprint density at radius 3 is 2.11 bits per heavy atom. The molecule has 1 aromatic carbocycles. The van der Waals surface area contributed by atoms with Crippen LogP contribution in [0.1, 0.15) is 11.4 Å². The zero-order chi connectivity index (χ0) is 14.0. The first-order valence-electron chi connectivity index (χ1n) is 5.59. The number of rotatable bonds is 3. The molecule has 0 aliphatic rings. The lowest BCUT2D eigenvalue weighted by molar-refractivity contribution is 0.601. The normalized spacial score (nSPS) is 11.3. The van der Waals surface area contributed by atoms with Gasteiger partial charge in [-0.05, 0) is 26.0 Å². The maximum atomic E-state index is 12.1. The number of aromatic nitrogens is 2. The van der Waals surface area contributed by atoms with E-state index in [4.69, 9.17) is 5.73 Å². The molecule has 2 aromatic rings. The number of hydrogen-bond donors (Lipinski definition) is 2. The summed E-state index contributed by atoms with van der Waals surface area (Å²) in [6.45, 7) is 3.40. The van der Waals surface area contributed by atoms with Gasteiger partial charge in [0.1, 0.15) is 0 Å². The van der Waals surface area contributed by atoms with Gasteiger partial charge in [-0.3, -0.25) is 0 Å². The van der Waals surface area contributed by atoms with Crippen LogP contribution in [0.5, 0.6) is 0 Å². The maximum Gasteiger partial charge on any atom is 0.264 e. The smallest absolute Gasteiger partial charge is 0.264 e. The highest BCUT2D eigenvalue weighted by Gasteiger charge is 2.16. The maximum absolute atomic E-state index is 12.1. The summed E-state index contributed by atoms with van der Waals surface area (Å²) in [5.74, 6) is 0.0213. The number of benzene rings is 1. The van der Waals surface area contributed by atoms with Gasteiger partial charge < -0.3 is 5.73 Å². The van der Waals surface area contributed by atoms with Gasteiger partial charge in [0.05, 0.1) is 22.0 Å².